The van der Waals surface area contributed by atoms with Crippen LogP contribution in [0.15, 0.2) is 24.3 Å². The van der Waals surface area contributed by atoms with E-state index < -0.39 is 15.9 Å². The molecule has 0 heterocycles. The number of rotatable bonds is 4. The van der Waals surface area contributed by atoms with Crippen molar-refractivity contribution < 1.29 is 17.9 Å². The van der Waals surface area contributed by atoms with Crippen molar-refractivity contribution in [2.24, 2.45) is 0 Å². The minimum Gasteiger partial charge on any atom is -0.497 e. The van der Waals surface area contributed by atoms with Gasteiger partial charge < -0.3 is 4.74 Å². The summed E-state index contributed by atoms with van der Waals surface area (Å²) < 4.78 is 29.4. The van der Waals surface area contributed by atoms with Crippen molar-refractivity contribution in [1.29, 1.82) is 0 Å². The zero-order valence-corrected chi connectivity index (χ0v) is 9.82. The summed E-state index contributed by atoms with van der Waals surface area (Å²) in [6.07, 6.45) is 0.857. The number of carbonyl (C=O) groups excluding carboxylic acids is 1. The predicted octanol–water partition coefficient (Wildman–Crippen LogP) is 0.328. The Morgan fingerprint density at radius 2 is 1.88 bits per heavy atom. The van der Waals surface area contributed by atoms with Crippen molar-refractivity contribution in [2.45, 2.75) is 6.42 Å². The Morgan fingerprint density at radius 3 is 2.31 bits per heavy atom. The molecule has 1 aromatic rings. The van der Waals surface area contributed by atoms with Crippen LogP contribution in [0.4, 0.5) is 0 Å². The number of benzene rings is 1. The molecule has 0 fully saturated rings. The fourth-order valence-corrected chi connectivity index (χ4v) is 1.57. The van der Waals surface area contributed by atoms with Gasteiger partial charge in [-0.05, 0) is 17.7 Å². The Kier molecular flexibility index (Phi) is 3.89. The van der Waals surface area contributed by atoms with Crippen LogP contribution in [0, 0.1) is 0 Å². The van der Waals surface area contributed by atoms with Crippen molar-refractivity contribution in [3.63, 3.8) is 0 Å². The quantitative estimate of drug-likeness (QED) is 0.762. The maximum atomic E-state index is 11.2. The highest BCUT2D eigenvalue weighted by atomic mass is 32.2. The lowest BCUT2D eigenvalue weighted by atomic mass is 10.1. The lowest BCUT2D eigenvalue weighted by molar-refractivity contribution is -0.118. The lowest BCUT2D eigenvalue weighted by Gasteiger charge is -2.02. The molecule has 0 saturated heterocycles. The molecule has 0 bridgehead atoms. The van der Waals surface area contributed by atoms with E-state index in [1.807, 2.05) is 0 Å². The molecular formula is C10H12NO4S. The summed E-state index contributed by atoms with van der Waals surface area (Å²) in [7, 11) is -2.06. The van der Waals surface area contributed by atoms with Crippen molar-refractivity contribution in [3.8, 4) is 5.75 Å². The summed E-state index contributed by atoms with van der Waals surface area (Å²) in [6.45, 7) is 0. The number of hydrogen-bond donors (Lipinski definition) is 0. The highest BCUT2D eigenvalue weighted by Gasteiger charge is 2.11. The molecule has 0 aromatic heterocycles. The van der Waals surface area contributed by atoms with Gasteiger partial charge >= 0.3 is 0 Å². The Bertz CT molecular complexity index is 464. The number of sulfonamides is 1. The molecular weight excluding hydrogens is 230 g/mol. The fraction of sp³-hybridized carbons (Fsp3) is 0.300. The van der Waals surface area contributed by atoms with Gasteiger partial charge in [0, 0.05) is 0 Å². The number of methoxy groups -OCH3 is 1. The third kappa shape index (κ3) is 4.31. The monoisotopic (exact) mass is 242 g/mol. The van der Waals surface area contributed by atoms with Gasteiger partial charge in [0.1, 0.15) is 5.75 Å². The molecule has 0 aliphatic heterocycles. The molecule has 0 aliphatic carbocycles. The first kappa shape index (κ1) is 12.5. The van der Waals surface area contributed by atoms with Crippen LogP contribution in [0.5, 0.6) is 5.75 Å². The molecule has 0 aliphatic rings. The van der Waals surface area contributed by atoms with E-state index in [-0.39, 0.29) is 6.42 Å². The zero-order chi connectivity index (χ0) is 12.2. The summed E-state index contributed by atoms with van der Waals surface area (Å²) in [5.41, 5.74) is 0.693. The number of ether oxygens (including phenoxy) is 1. The molecule has 5 nitrogen and oxygen atoms in total. The van der Waals surface area contributed by atoms with Gasteiger partial charge in [-0.15, -0.1) is 4.72 Å². The summed E-state index contributed by atoms with van der Waals surface area (Å²) in [4.78, 5) is 11.2. The van der Waals surface area contributed by atoms with Crippen molar-refractivity contribution in [3.05, 3.63) is 29.8 Å². The molecule has 0 spiro atoms. The van der Waals surface area contributed by atoms with Gasteiger partial charge in [-0.25, -0.2) is 8.42 Å². The second kappa shape index (κ2) is 4.98. The minimum atomic E-state index is -3.61. The second-order valence-corrected chi connectivity index (χ2v) is 4.89. The maximum absolute atomic E-state index is 11.2. The third-order valence-corrected chi connectivity index (χ3v) is 2.32. The average molecular weight is 242 g/mol. The normalized spacial score (nSPS) is 10.9. The number of nitrogens with zero attached hydrogens (tertiary/aromatic N) is 1. The SMILES string of the molecule is COc1ccc(CC(=O)[N]S(C)(=O)=O)cc1. The van der Waals surface area contributed by atoms with E-state index in [9.17, 15) is 13.2 Å². The van der Waals surface area contributed by atoms with Crippen LogP contribution in [-0.2, 0) is 21.2 Å². The smallest absolute Gasteiger partial charge is 0.260 e. The predicted molar refractivity (Wildman–Crippen MR) is 58.7 cm³/mol. The van der Waals surface area contributed by atoms with E-state index >= 15 is 0 Å². The van der Waals surface area contributed by atoms with Crippen LogP contribution in [0.2, 0.25) is 0 Å². The Balaban J connectivity index is 2.63. The maximum Gasteiger partial charge on any atom is 0.260 e. The van der Waals surface area contributed by atoms with Crippen molar-refractivity contribution in [2.75, 3.05) is 13.4 Å². The number of carbonyl (C=O) groups is 1. The molecule has 0 unspecified atom stereocenters. The van der Waals surface area contributed by atoms with E-state index in [2.05, 4.69) is 4.72 Å². The molecule has 1 rings (SSSR count). The summed E-state index contributed by atoms with van der Waals surface area (Å²) in [5.74, 6) is 0.00363. The first-order valence-corrected chi connectivity index (χ1v) is 6.34. The molecule has 0 atom stereocenters. The summed E-state index contributed by atoms with van der Waals surface area (Å²) in [6, 6.07) is 6.77. The summed E-state index contributed by atoms with van der Waals surface area (Å²) >= 11 is 0. The van der Waals surface area contributed by atoms with E-state index in [0.717, 1.165) is 6.26 Å². The molecule has 0 N–H and O–H groups in total. The Labute approximate surface area is 94.5 Å². The van der Waals surface area contributed by atoms with Crippen LogP contribution in [0.3, 0.4) is 0 Å². The van der Waals surface area contributed by atoms with Gasteiger partial charge in [0.25, 0.3) is 15.9 Å². The van der Waals surface area contributed by atoms with Gasteiger partial charge in [-0.3, -0.25) is 4.79 Å². The van der Waals surface area contributed by atoms with Gasteiger partial charge in [-0.1, -0.05) is 12.1 Å². The van der Waals surface area contributed by atoms with Crippen molar-refractivity contribution >= 4 is 15.9 Å². The molecule has 1 amide bonds. The first-order chi connectivity index (χ1) is 7.40. The molecule has 6 heteroatoms. The van der Waals surface area contributed by atoms with Gasteiger partial charge in [0.05, 0.1) is 19.8 Å². The van der Waals surface area contributed by atoms with E-state index in [1.54, 1.807) is 31.4 Å². The van der Waals surface area contributed by atoms with Gasteiger partial charge in [-0.2, -0.15) is 0 Å². The van der Waals surface area contributed by atoms with Gasteiger partial charge in [0.15, 0.2) is 0 Å². The number of hydrogen-bond acceptors (Lipinski definition) is 4. The first-order valence-electron chi connectivity index (χ1n) is 4.49. The van der Waals surface area contributed by atoms with E-state index in [0.29, 0.717) is 11.3 Å². The third-order valence-electron chi connectivity index (χ3n) is 1.78. The lowest BCUT2D eigenvalue weighted by Crippen LogP contribution is -2.23. The van der Waals surface area contributed by atoms with Crippen LogP contribution in [0.25, 0.3) is 0 Å². The average Bonchev–Trinajstić information content (AvgIpc) is 2.16. The summed E-state index contributed by atoms with van der Waals surface area (Å²) in [5, 5.41) is 0. The van der Waals surface area contributed by atoms with E-state index in [4.69, 9.17) is 4.74 Å². The Hall–Kier alpha value is -1.56. The van der Waals surface area contributed by atoms with Gasteiger partial charge in [0.2, 0.25) is 0 Å². The minimum absolute atomic E-state index is 0.0307. The topological polar surface area (TPSA) is 74.5 Å². The molecule has 16 heavy (non-hydrogen) atoms. The molecule has 1 aromatic carbocycles. The highest BCUT2D eigenvalue weighted by molar-refractivity contribution is 7.89. The zero-order valence-electron chi connectivity index (χ0n) is 9.00. The molecule has 1 radical (unpaired) electrons. The highest BCUT2D eigenvalue weighted by Crippen LogP contribution is 2.11. The number of amides is 1. The Morgan fingerprint density at radius 1 is 1.31 bits per heavy atom. The molecule has 0 saturated carbocycles. The largest absolute Gasteiger partial charge is 0.497 e. The molecule has 87 valence electrons. The fourth-order valence-electron chi connectivity index (χ4n) is 1.14. The van der Waals surface area contributed by atoms with Crippen molar-refractivity contribution in [1.82, 2.24) is 4.72 Å². The van der Waals surface area contributed by atoms with Crippen LogP contribution in [0.1, 0.15) is 5.56 Å². The van der Waals surface area contributed by atoms with Crippen LogP contribution >= 0.6 is 0 Å². The second-order valence-electron chi connectivity index (χ2n) is 3.24. The van der Waals surface area contributed by atoms with Crippen LogP contribution in [-0.4, -0.2) is 27.7 Å². The van der Waals surface area contributed by atoms with Crippen LogP contribution < -0.4 is 9.46 Å². The standard InChI is InChI=1S/C10H12NO4S/c1-15-9-5-3-8(4-6-9)7-10(12)11-16(2,13)14/h3-6H,7H2,1-2H3. The van der Waals surface area contributed by atoms with E-state index in [1.165, 1.54) is 0 Å².